The van der Waals surface area contributed by atoms with E-state index in [1.165, 1.54) is 55.5 Å². The number of piperidine rings is 1. The topological polar surface area (TPSA) is 436 Å². The molecule has 0 radical (unpaired) electrons. The van der Waals surface area contributed by atoms with Gasteiger partial charge in [0.2, 0.25) is 53.2 Å². The SMILES string of the molecule is CCCNC(=O)[C@@H](COC(=O)N(C)Cc1cc(NC(=O)[C@H](CCCNC(N)=O)NC(=O)[C@@H](NC(=O)CCOCCN2C(=O)C=CC2=O)C(C)C)ccc1COC(=O)N1[C@@H]2CC[C@@H](C2)[C@H]1C(=O)N[C@H](C(=O)N(C)[C@@H]([C@@H](C)CC)[C@@H](CC(=O)N1CCC[C@H]1[C@H](OC)[C@@H](C)C(=O)N[C@@H](Cc1ccccc1)c1nccs1)OC)C(C)C)NC(C)=O. The maximum absolute atomic E-state index is 15.2. The van der Waals surface area contributed by atoms with Gasteiger partial charge in [-0.3, -0.25) is 62.5 Å². The van der Waals surface area contributed by atoms with Crippen molar-refractivity contribution in [2.24, 2.45) is 35.3 Å². The molecule has 7 rings (SSSR count). The van der Waals surface area contributed by atoms with Gasteiger partial charge in [0.15, 0.2) is 0 Å². The lowest BCUT2D eigenvalue weighted by Crippen LogP contribution is -2.60. The number of carbonyl (C=O) groups is 14. The highest BCUT2D eigenvalue weighted by Gasteiger charge is 2.53. The van der Waals surface area contributed by atoms with E-state index in [-0.39, 0.29) is 94.4 Å². The third-order valence-electron chi connectivity index (χ3n) is 21.8. The Labute approximate surface area is 682 Å². The summed E-state index contributed by atoms with van der Waals surface area (Å²) in [6.45, 7) is 15.0. The van der Waals surface area contributed by atoms with Gasteiger partial charge in [-0.1, -0.05) is 98.2 Å². The number of thiazole rings is 1. The van der Waals surface area contributed by atoms with Gasteiger partial charge < -0.3 is 86.7 Å². The summed E-state index contributed by atoms with van der Waals surface area (Å²) < 4.78 is 29.5. The van der Waals surface area contributed by atoms with Crippen molar-refractivity contribution < 1.29 is 90.8 Å². The number of hydrogen-bond acceptors (Lipinski definition) is 21. The maximum Gasteiger partial charge on any atom is 0.411 e. The second kappa shape index (κ2) is 45.4. The smallest absolute Gasteiger partial charge is 0.411 e. The summed E-state index contributed by atoms with van der Waals surface area (Å²) in [6.07, 6.45) is 5.09. The molecule has 116 heavy (non-hydrogen) atoms. The lowest BCUT2D eigenvalue weighted by atomic mass is 9.89. The number of primary amides is 1. The van der Waals surface area contributed by atoms with E-state index in [0.29, 0.717) is 69.0 Å². The van der Waals surface area contributed by atoms with Gasteiger partial charge in [0.25, 0.3) is 11.8 Å². The van der Waals surface area contributed by atoms with Crippen LogP contribution in [0.25, 0.3) is 0 Å². The fourth-order valence-corrected chi connectivity index (χ4v) is 16.0. The number of aromatic nitrogens is 1. The van der Waals surface area contributed by atoms with Gasteiger partial charge in [-0.2, -0.15) is 0 Å². The minimum Gasteiger partial charge on any atom is -0.447 e. The number of fused-ring (bicyclic) bond motifs is 2. The molecule has 1 saturated carbocycles. The van der Waals surface area contributed by atoms with E-state index in [0.717, 1.165) is 32.5 Å². The molecule has 35 heteroatoms. The van der Waals surface area contributed by atoms with Crippen molar-refractivity contribution in [3.8, 4) is 0 Å². The Morgan fingerprint density at radius 1 is 0.750 bits per heavy atom. The van der Waals surface area contributed by atoms with Crippen molar-refractivity contribution in [1.29, 1.82) is 0 Å². The minimum absolute atomic E-state index is 0.0160. The molecule has 0 spiro atoms. The van der Waals surface area contributed by atoms with Crippen molar-refractivity contribution in [2.75, 3.05) is 79.6 Å². The van der Waals surface area contributed by atoms with Gasteiger partial charge in [0.05, 0.1) is 62.4 Å². The average molecular weight is 1640 g/mol. The number of likely N-dealkylation sites (N-methyl/N-ethyl adjacent to an activating group) is 1. The third-order valence-corrected chi connectivity index (χ3v) is 22.7. The molecule has 0 unspecified atom stereocenters. The van der Waals surface area contributed by atoms with E-state index in [4.69, 9.17) is 29.4 Å². The first-order chi connectivity index (χ1) is 55.3. The largest absolute Gasteiger partial charge is 0.447 e. The lowest BCUT2D eigenvalue weighted by Gasteiger charge is -2.41. The van der Waals surface area contributed by atoms with E-state index in [2.05, 4.69) is 47.5 Å². The van der Waals surface area contributed by atoms with E-state index in [1.54, 1.807) is 64.8 Å². The number of benzene rings is 2. The Morgan fingerprint density at radius 2 is 1.47 bits per heavy atom. The first-order valence-corrected chi connectivity index (χ1v) is 40.9. The molecule has 3 aliphatic heterocycles. The Balaban J connectivity index is 1.06. The predicted octanol–water partition coefficient (Wildman–Crippen LogP) is 4.74. The summed E-state index contributed by atoms with van der Waals surface area (Å²) in [5.41, 5.74) is 7.10. The number of imide groups is 1. The molecule has 4 aliphatic rings. The molecule has 15 amide bonds. The van der Waals surface area contributed by atoms with Gasteiger partial charge in [-0.05, 0) is 110 Å². The average Bonchev–Trinajstić information content (AvgIpc) is 1.61. The van der Waals surface area contributed by atoms with E-state index >= 15 is 9.59 Å². The molecule has 3 aromatic rings. The number of nitrogens with two attached hydrogens (primary N) is 1. The van der Waals surface area contributed by atoms with Crippen molar-refractivity contribution >= 4 is 100 Å². The van der Waals surface area contributed by atoms with Crippen LogP contribution in [0.3, 0.4) is 0 Å². The van der Waals surface area contributed by atoms with Crippen LogP contribution in [0.5, 0.6) is 0 Å². The van der Waals surface area contributed by atoms with Crippen molar-refractivity contribution in [3.05, 3.63) is 94.0 Å². The Hall–Kier alpha value is -10.1. The minimum atomic E-state index is -1.30. The first kappa shape index (κ1) is 93.0. The fourth-order valence-electron chi connectivity index (χ4n) is 15.3. The number of likely N-dealkylation sites (tertiary alicyclic amines) is 2. The highest BCUT2D eigenvalue weighted by atomic mass is 32.1. The van der Waals surface area contributed by atoms with Gasteiger partial charge in [0.1, 0.15) is 48.4 Å². The van der Waals surface area contributed by atoms with E-state index in [1.807, 2.05) is 56.5 Å². The van der Waals surface area contributed by atoms with Gasteiger partial charge >= 0.3 is 18.2 Å². The molecule has 1 aliphatic carbocycles. The maximum atomic E-state index is 15.2. The molecule has 34 nitrogen and oxygen atoms in total. The first-order valence-electron chi connectivity index (χ1n) is 40.0. The Kier molecular flexibility index (Phi) is 36.4. The monoisotopic (exact) mass is 1640 g/mol. The normalized spacial score (nSPS) is 18.8. The summed E-state index contributed by atoms with van der Waals surface area (Å²) in [5.74, 6) is -7.82. The number of anilines is 1. The standard InChI is InChI=1S/C81H119N15O19S/c1-14-32-83-73(103)60(86-51(9)97)46-115-80(109)92(10)44-55-41-56(87-74(104)58(23-19-33-85-79(82)108)88-75(105)67(47(3)4)90-63(98)31-37-113-38-36-95-64(99)29-30-65(95)100)27-25-54(55)45-114-81(110)96-57-28-26-53(42-57)70(96)76(106)91-68(48(5)6)78(107)93(11)69(49(7)15-2)62(111-12)43-66(101)94-35-20-24-61(94)71(112-13)50(8)72(102)89-59(77-84-34-39-116-77)40-52-21-17-16-18-22-52/h16-18,21-22,25,27,29-30,34,39,41,47-50,53,57-62,67-71H,14-15,19-20,23-24,26,28,31-33,35-38,40,42-46H2,1-13H3,(H,83,103)(H,86,97)(H,87,104)(H,88,105)(H,89,102)(H,90,98)(H,91,106)(H3,82,85,108)/t49-,50+,53-,57+,58-,59-,60+,61-,62+,67-,68-,69-,70-,71+/m0/s1. The quantitative estimate of drug-likeness (QED) is 0.0272. The second-order valence-electron chi connectivity index (χ2n) is 30.8. The van der Waals surface area contributed by atoms with Crippen LogP contribution in [0.2, 0.25) is 0 Å². The number of hydrogen-bond donors (Lipinski definition) is 9. The molecule has 14 atom stereocenters. The van der Waals surface area contributed by atoms with Crippen LogP contribution in [0.1, 0.15) is 161 Å². The van der Waals surface area contributed by atoms with Crippen molar-refractivity contribution in [1.82, 2.24) is 66.7 Å². The highest BCUT2D eigenvalue weighted by Crippen LogP contribution is 2.43. The van der Waals surface area contributed by atoms with Crippen LogP contribution in [-0.4, -0.2) is 248 Å². The van der Waals surface area contributed by atoms with Crippen molar-refractivity contribution in [3.63, 3.8) is 0 Å². The molecule has 2 saturated heterocycles. The van der Waals surface area contributed by atoms with E-state index in [9.17, 15) is 57.5 Å². The molecule has 4 heterocycles. The van der Waals surface area contributed by atoms with Gasteiger partial charge in [-0.15, -0.1) is 11.3 Å². The second-order valence-corrected chi connectivity index (χ2v) is 31.8. The highest BCUT2D eigenvalue weighted by molar-refractivity contribution is 7.09. The summed E-state index contributed by atoms with van der Waals surface area (Å²) in [5, 5.41) is 24.7. The number of methoxy groups -OCH3 is 2. The predicted molar refractivity (Wildman–Crippen MR) is 429 cm³/mol. The lowest BCUT2D eigenvalue weighted by molar-refractivity contribution is -0.148. The van der Waals surface area contributed by atoms with Gasteiger partial charge in [0, 0.05) is 103 Å². The molecule has 10 N–H and O–H groups in total. The molecular weight excluding hydrogens is 1520 g/mol. The molecule has 2 aromatic carbocycles. The number of nitrogens with one attached hydrogen (secondary N) is 8. The zero-order valence-electron chi connectivity index (χ0n) is 68.9. The number of ether oxygens (including phenoxy) is 5. The summed E-state index contributed by atoms with van der Waals surface area (Å²) in [4.78, 5) is 202. The molecule has 1 aromatic heterocycles. The van der Waals surface area contributed by atoms with Crippen LogP contribution in [0.4, 0.5) is 20.1 Å². The molecule has 638 valence electrons. The van der Waals surface area contributed by atoms with Crippen LogP contribution < -0.4 is 48.3 Å². The van der Waals surface area contributed by atoms with Crippen LogP contribution in [0.15, 0.2) is 72.3 Å². The Morgan fingerprint density at radius 3 is 2.10 bits per heavy atom. The number of rotatable bonds is 45. The van der Waals surface area contributed by atoms with Crippen LogP contribution in [-0.2, 0) is 96.0 Å². The summed E-state index contributed by atoms with van der Waals surface area (Å²) in [7, 11) is 6.07. The van der Waals surface area contributed by atoms with Crippen LogP contribution >= 0.6 is 11.3 Å². The van der Waals surface area contributed by atoms with Crippen molar-refractivity contribution in [2.45, 2.75) is 219 Å². The number of urea groups is 1. The van der Waals surface area contributed by atoms with E-state index < -0.39 is 169 Å². The summed E-state index contributed by atoms with van der Waals surface area (Å²) >= 11 is 1.46. The Bertz CT molecular complexity index is 3890. The fraction of sp³-hybridized carbons (Fsp3) is 0.617. The number of carbonyl (C=O) groups excluding carboxylic acids is 14. The molecule has 3 fully saturated rings. The number of amides is 15. The zero-order valence-corrected chi connectivity index (χ0v) is 69.8. The molecule has 2 bridgehead atoms. The van der Waals surface area contributed by atoms with Gasteiger partial charge in [-0.25, -0.2) is 19.4 Å². The zero-order chi connectivity index (χ0) is 85.0. The molecular formula is C81H119N15O19S. The van der Waals surface area contributed by atoms with Crippen LogP contribution in [0, 0.1) is 29.6 Å². The third kappa shape index (κ3) is 26.2. The summed E-state index contributed by atoms with van der Waals surface area (Å²) in [6, 6.07) is 5.72. The number of nitrogens with zero attached hydrogens (tertiary/aromatic N) is 6.